The highest BCUT2D eigenvalue weighted by Gasteiger charge is 2.42. The molecule has 0 radical (unpaired) electrons. The van der Waals surface area contributed by atoms with Gasteiger partial charge in [0.2, 0.25) is 0 Å². The Bertz CT molecular complexity index is 607. The van der Waals surface area contributed by atoms with Crippen LogP contribution in [-0.2, 0) is 19.4 Å². The third-order valence-corrected chi connectivity index (χ3v) is 4.77. The summed E-state index contributed by atoms with van der Waals surface area (Å²) >= 11 is 1.35. The van der Waals surface area contributed by atoms with Crippen LogP contribution in [0.5, 0.6) is 0 Å². The van der Waals surface area contributed by atoms with Crippen molar-refractivity contribution in [3.8, 4) is 0 Å². The molecule has 21 heavy (non-hydrogen) atoms. The number of halogens is 3. The highest BCUT2D eigenvalue weighted by atomic mass is 32.1. The van der Waals surface area contributed by atoms with Crippen LogP contribution >= 0.6 is 11.3 Å². The molecular formula is C15H15F3N2S. The summed E-state index contributed by atoms with van der Waals surface area (Å²) < 4.78 is 38.3. The highest BCUT2D eigenvalue weighted by Crippen LogP contribution is 2.39. The van der Waals surface area contributed by atoms with E-state index in [-0.39, 0.29) is 12.8 Å². The van der Waals surface area contributed by atoms with Crippen LogP contribution in [0.3, 0.4) is 0 Å². The van der Waals surface area contributed by atoms with Gasteiger partial charge < -0.3 is 5.32 Å². The van der Waals surface area contributed by atoms with Crippen molar-refractivity contribution >= 4 is 16.5 Å². The van der Waals surface area contributed by atoms with E-state index in [1.165, 1.54) is 11.3 Å². The van der Waals surface area contributed by atoms with Crippen molar-refractivity contribution in [1.29, 1.82) is 0 Å². The first-order valence-electron chi connectivity index (χ1n) is 6.85. The first kappa shape index (κ1) is 14.4. The lowest BCUT2D eigenvalue weighted by Crippen LogP contribution is -2.28. The van der Waals surface area contributed by atoms with Crippen molar-refractivity contribution in [3.05, 3.63) is 46.5 Å². The summed E-state index contributed by atoms with van der Waals surface area (Å²) in [6, 6.07) is 9.86. The number of alkyl halides is 3. The summed E-state index contributed by atoms with van der Waals surface area (Å²) in [6.07, 6.45) is -3.45. The Morgan fingerprint density at radius 1 is 1.24 bits per heavy atom. The zero-order chi connectivity index (χ0) is 14.9. The van der Waals surface area contributed by atoms with Gasteiger partial charge in [0.15, 0.2) is 5.13 Å². The standard InChI is InChI=1S/C15H15F3N2S/c16-15(17,18)11-6-7-12-13(8-11)21-14(20-12)19-9-10-4-2-1-3-5-10/h1-5,11H,6-9H2,(H,19,20). The predicted octanol–water partition coefficient (Wildman–Crippen LogP) is 4.42. The van der Waals surface area contributed by atoms with Crippen LogP contribution in [0.15, 0.2) is 30.3 Å². The molecule has 0 amide bonds. The predicted molar refractivity (Wildman–Crippen MR) is 77.5 cm³/mol. The lowest BCUT2D eigenvalue weighted by atomic mass is 9.91. The number of nitrogens with one attached hydrogen (secondary N) is 1. The number of aromatic nitrogens is 1. The van der Waals surface area contributed by atoms with Crippen LogP contribution in [0, 0.1) is 5.92 Å². The third kappa shape index (κ3) is 3.37. The lowest BCUT2D eigenvalue weighted by molar-refractivity contribution is -0.176. The lowest BCUT2D eigenvalue weighted by Gasteiger charge is -2.23. The maximum absolute atomic E-state index is 12.8. The molecule has 1 aromatic heterocycles. The van der Waals surface area contributed by atoms with E-state index in [2.05, 4.69) is 10.3 Å². The van der Waals surface area contributed by atoms with Gasteiger partial charge in [0.1, 0.15) is 0 Å². The molecule has 112 valence electrons. The van der Waals surface area contributed by atoms with Gasteiger partial charge in [0.25, 0.3) is 0 Å². The second kappa shape index (κ2) is 5.67. The van der Waals surface area contributed by atoms with E-state index < -0.39 is 12.1 Å². The molecule has 0 saturated heterocycles. The van der Waals surface area contributed by atoms with Gasteiger partial charge in [-0.3, -0.25) is 0 Å². The van der Waals surface area contributed by atoms with E-state index in [4.69, 9.17) is 0 Å². The molecule has 0 bridgehead atoms. The maximum atomic E-state index is 12.8. The Labute approximate surface area is 125 Å². The molecule has 1 heterocycles. The Morgan fingerprint density at radius 2 is 2.00 bits per heavy atom. The minimum Gasteiger partial charge on any atom is -0.357 e. The van der Waals surface area contributed by atoms with E-state index in [9.17, 15) is 13.2 Å². The number of hydrogen-bond donors (Lipinski definition) is 1. The zero-order valence-electron chi connectivity index (χ0n) is 11.3. The fraction of sp³-hybridized carbons (Fsp3) is 0.400. The Hall–Kier alpha value is -1.56. The smallest absolute Gasteiger partial charge is 0.357 e. The van der Waals surface area contributed by atoms with Gasteiger partial charge in [0, 0.05) is 11.4 Å². The van der Waals surface area contributed by atoms with E-state index in [0.717, 1.165) is 16.1 Å². The summed E-state index contributed by atoms with van der Waals surface area (Å²) in [6.45, 7) is 0.635. The molecule has 1 aromatic carbocycles. The molecule has 6 heteroatoms. The summed E-state index contributed by atoms with van der Waals surface area (Å²) in [5.74, 6) is -1.22. The Kier molecular flexibility index (Phi) is 3.89. The van der Waals surface area contributed by atoms with Gasteiger partial charge in [0.05, 0.1) is 11.6 Å². The average molecular weight is 312 g/mol. The first-order valence-corrected chi connectivity index (χ1v) is 7.67. The van der Waals surface area contributed by atoms with E-state index >= 15 is 0 Å². The van der Waals surface area contributed by atoms with Crippen LogP contribution in [0.25, 0.3) is 0 Å². The van der Waals surface area contributed by atoms with Crippen molar-refractivity contribution in [2.45, 2.75) is 32.0 Å². The van der Waals surface area contributed by atoms with Gasteiger partial charge in [-0.15, -0.1) is 11.3 Å². The average Bonchev–Trinajstić information content (AvgIpc) is 2.87. The molecule has 2 aromatic rings. The van der Waals surface area contributed by atoms with E-state index in [1.807, 2.05) is 30.3 Å². The minimum absolute atomic E-state index is 0.0729. The summed E-state index contributed by atoms with van der Waals surface area (Å²) in [7, 11) is 0. The molecule has 1 aliphatic carbocycles. The van der Waals surface area contributed by atoms with E-state index in [1.54, 1.807) is 0 Å². The third-order valence-electron chi connectivity index (χ3n) is 3.69. The topological polar surface area (TPSA) is 24.9 Å². The van der Waals surface area contributed by atoms with Gasteiger partial charge >= 0.3 is 6.18 Å². The molecule has 1 aliphatic rings. The summed E-state index contributed by atoms with van der Waals surface area (Å²) in [5.41, 5.74) is 1.95. The van der Waals surface area contributed by atoms with E-state index in [0.29, 0.717) is 18.1 Å². The number of rotatable bonds is 3. The molecule has 1 unspecified atom stereocenters. The largest absolute Gasteiger partial charge is 0.392 e. The zero-order valence-corrected chi connectivity index (χ0v) is 12.1. The quantitative estimate of drug-likeness (QED) is 0.907. The van der Waals surface area contributed by atoms with Crippen LogP contribution in [0.1, 0.15) is 22.6 Å². The molecular weight excluding hydrogens is 297 g/mol. The van der Waals surface area contributed by atoms with Crippen LogP contribution in [0.2, 0.25) is 0 Å². The molecule has 3 rings (SSSR count). The number of aryl methyl sites for hydroxylation is 1. The second-order valence-corrected chi connectivity index (χ2v) is 6.29. The Balaban J connectivity index is 1.66. The maximum Gasteiger partial charge on any atom is 0.392 e. The minimum atomic E-state index is -4.10. The number of hydrogen-bond acceptors (Lipinski definition) is 3. The molecule has 1 N–H and O–H groups in total. The summed E-state index contributed by atoms with van der Waals surface area (Å²) in [5, 5.41) is 3.91. The molecule has 0 saturated carbocycles. The fourth-order valence-corrected chi connectivity index (χ4v) is 3.59. The molecule has 1 atom stereocenters. The fourth-order valence-electron chi connectivity index (χ4n) is 2.50. The number of anilines is 1. The van der Waals surface area contributed by atoms with Gasteiger partial charge in [-0.25, -0.2) is 4.98 Å². The van der Waals surface area contributed by atoms with Gasteiger partial charge in [-0.1, -0.05) is 30.3 Å². The molecule has 0 spiro atoms. The first-order chi connectivity index (χ1) is 10.0. The van der Waals surface area contributed by atoms with Crippen molar-refractivity contribution in [2.75, 3.05) is 5.32 Å². The second-order valence-electron chi connectivity index (χ2n) is 5.21. The molecule has 0 aliphatic heterocycles. The van der Waals surface area contributed by atoms with Gasteiger partial charge in [-0.05, 0) is 24.8 Å². The number of benzene rings is 1. The molecule has 0 fully saturated rings. The van der Waals surface area contributed by atoms with Crippen LogP contribution < -0.4 is 5.32 Å². The highest BCUT2D eigenvalue weighted by molar-refractivity contribution is 7.15. The van der Waals surface area contributed by atoms with Crippen molar-refractivity contribution in [2.24, 2.45) is 5.92 Å². The number of nitrogens with zero attached hydrogens (tertiary/aromatic N) is 1. The summed E-state index contributed by atoms with van der Waals surface area (Å²) in [4.78, 5) is 5.20. The van der Waals surface area contributed by atoms with Crippen molar-refractivity contribution < 1.29 is 13.2 Å². The number of thiazole rings is 1. The number of fused-ring (bicyclic) bond motifs is 1. The van der Waals surface area contributed by atoms with Crippen molar-refractivity contribution in [3.63, 3.8) is 0 Å². The Morgan fingerprint density at radius 3 is 2.71 bits per heavy atom. The normalized spacial score (nSPS) is 18.3. The monoisotopic (exact) mass is 312 g/mol. The van der Waals surface area contributed by atoms with Crippen LogP contribution in [-0.4, -0.2) is 11.2 Å². The van der Waals surface area contributed by atoms with Gasteiger partial charge in [-0.2, -0.15) is 13.2 Å². The SMILES string of the molecule is FC(F)(F)C1CCc2nc(NCc3ccccc3)sc2C1. The van der Waals surface area contributed by atoms with Crippen molar-refractivity contribution in [1.82, 2.24) is 4.98 Å². The van der Waals surface area contributed by atoms with Crippen LogP contribution in [0.4, 0.5) is 18.3 Å². The molecule has 2 nitrogen and oxygen atoms in total.